The standard InChI is InChI=1S/C14H19N3O4/c1-21-10-3-4-11(12(7-10)17(19)20)16-13(18)8-14(9-15)5-2-6-14/h3-4,7H,2,5-6,8-9,15H2,1H3,(H,16,18). The quantitative estimate of drug-likeness (QED) is 0.616. The minimum Gasteiger partial charge on any atom is -0.496 e. The first-order chi connectivity index (χ1) is 9.99. The third kappa shape index (κ3) is 3.30. The molecule has 0 atom stereocenters. The van der Waals surface area contributed by atoms with Crippen molar-refractivity contribution in [2.45, 2.75) is 25.7 Å². The van der Waals surface area contributed by atoms with Gasteiger partial charge >= 0.3 is 0 Å². The van der Waals surface area contributed by atoms with Gasteiger partial charge in [0.05, 0.1) is 18.1 Å². The first-order valence-electron chi connectivity index (χ1n) is 6.82. The number of anilines is 1. The van der Waals surface area contributed by atoms with Gasteiger partial charge in [0.15, 0.2) is 0 Å². The number of benzene rings is 1. The average molecular weight is 293 g/mol. The number of methoxy groups -OCH3 is 1. The van der Waals surface area contributed by atoms with Crippen molar-refractivity contribution in [2.24, 2.45) is 11.1 Å². The van der Waals surface area contributed by atoms with Crippen molar-refractivity contribution >= 4 is 17.3 Å². The molecule has 1 aliphatic rings. The number of amides is 1. The number of nitrogens with one attached hydrogen (secondary N) is 1. The monoisotopic (exact) mass is 293 g/mol. The van der Waals surface area contributed by atoms with Crippen molar-refractivity contribution < 1.29 is 14.5 Å². The fraction of sp³-hybridized carbons (Fsp3) is 0.500. The molecule has 0 spiro atoms. The van der Waals surface area contributed by atoms with E-state index in [1.807, 2.05) is 0 Å². The molecule has 21 heavy (non-hydrogen) atoms. The zero-order valence-electron chi connectivity index (χ0n) is 11.9. The lowest BCUT2D eigenvalue weighted by Gasteiger charge is -2.40. The molecule has 0 radical (unpaired) electrons. The molecule has 1 fully saturated rings. The van der Waals surface area contributed by atoms with E-state index in [0.717, 1.165) is 19.3 Å². The van der Waals surface area contributed by atoms with E-state index in [9.17, 15) is 14.9 Å². The maximum atomic E-state index is 12.1. The number of carbonyl (C=O) groups excluding carboxylic acids is 1. The van der Waals surface area contributed by atoms with Crippen molar-refractivity contribution in [3.8, 4) is 5.75 Å². The molecule has 7 nitrogen and oxygen atoms in total. The Bertz CT molecular complexity index is 550. The predicted octanol–water partition coefficient (Wildman–Crippen LogP) is 2.06. The van der Waals surface area contributed by atoms with Gasteiger partial charge in [-0.3, -0.25) is 14.9 Å². The highest BCUT2D eigenvalue weighted by Crippen LogP contribution is 2.43. The van der Waals surface area contributed by atoms with Crippen molar-refractivity contribution in [1.82, 2.24) is 0 Å². The van der Waals surface area contributed by atoms with Crippen molar-refractivity contribution in [1.29, 1.82) is 0 Å². The van der Waals surface area contributed by atoms with Gasteiger partial charge < -0.3 is 15.8 Å². The highest BCUT2D eigenvalue weighted by atomic mass is 16.6. The van der Waals surface area contributed by atoms with E-state index in [-0.39, 0.29) is 22.7 Å². The van der Waals surface area contributed by atoms with Gasteiger partial charge in [-0.25, -0.2) is 0 Å². The van der Waals surface area contributed by atoms with Gasteiger partial charge in [0, 0.05) is 6.42 Å². The Morgan fingerprint density at radius 3 is 2.71 bits per heavy atom. The van der Waals surface area contributed by atoms with Gasteiger partial charge in [0.25, 0.3) is 5.69 Å². The molecule has 0 unspecified atom stereocenters. The van der Waals surface area contributed by atoms with E-state index in [1.54, 1.807) is 6.07 Å². The molecular formula is C14H19N3O4. The first-order valence-corrected chi connectivity index (χ1v) is 6.82. The van der Waals surface area contributed by atoms with E-state index in [2.05, 4.69) is 5.32 Å². The molecular weight excluding hydrogens is 274 g/mol. The molecule has 0 aliphatic heterocycles. The van der Waals surface area contributed by atoms with Crippen LogP contribution in [0.15, 0.2) is 18.2 Å². The lowest BCUT2D eigenvalue weighted by Crippen LogP contribution is -2.40. The molecule has 7 heteroatoms. The van der Waals surface area contributed by atoms with Crippen molar-refractivity contribution in [3.63, 3.8) is 0 Å². The second-order valence-corrected chi connectivity index (χ2v) is 5.42. The second kappa shape index (κ2) is 6.09. The van der Waals surface area contributed by atoms with Gasteiger partial charge in [0.2, 0.25) is 5.91 Å². The molecule has 1 amide bonds. The first kappa shape index (κ1) is 15.2. The zero-order chi connectivity index (χ0) is 15.5. The van der Waals surface area contributed by atoms with Crippen LogP contribution in [0.3, 0.4) is 0 Å². The summed E-state index contributed by atoms with van der Waals surface area (Å²) in [6.45, 7) is 0.463. The van der Waals surface area contributed by atoms with E-state index in [0.29, 0.717) is 18.7 Å². The molecule has 1 aromatic carbocycles. The van der Waals surface area contributed by atoms with Crippen LogP contribution in [-0.4, -0.2) is 24.5 Å². The summed E-state index contributed by atoms with van der Waals surface area (Å²) in [6.07, 6.45) is 3.24. The van der Waals surface area contributed by atoms with Crippen LogP contribution in [0.1, 0.15) is 25.7 Å². The fourth-order valence-electron chi connectivity index (χ4n) is 2.56. The Morgan fingerprint density at radius 1 is 1.52 bits per heavy atom. The number of nitrogens with two attached hydrogens (primary N) is 1. The molecule has 1 saturated carbocycles. The molecule has 0 saturated heterocycles. The molecule has 0 heterocycles. The van der Waals surface area contributed by atoms with Crippen LogP contribution in [0.25, 0.3) is 0 Å². The number of nitro groups is 1. The lowest BCUT2D eigenvalue weighted by atomic mass is 9.66. The molecule has 1 aliphatic carbocycles. The van der Waals surface area contributed by atoms with Gasteiger partial charge in [-0.1, -0.05) is 6.42 Å². The van der Waals surface area contributed by atoms with Crippen LogP contribution < -0.4 is 15.8 Å². The molecule has 2 rings (SSSR count). The van der Waals surface area contributed by atoms with Gasteiger partial charge in [-0.2, -0.15) is 0 Å². The Balaban J connectivity index is 2.11. The lowest BCUT2D eigenvalue weighted by molar-refractivity contribution is -0.384. The van der Waals surface area contributed by atoms with E-state index >= 15 is 0 Å². The Kier molecular flexibility index (Phi) is 4.42. The normalized spacial score (nSPS) is 15.9. The summed E-state index contributed by atoms with van der Waals surface area (Å²) in [7, 11) is 1.43. The number of hydrogen-bond donors (Lipinski definition) is 2. The van der Waals surface area contributed by atoms with E-state index in [1.165, 1.54) is 19.2 Å². The number of hydrogen-bond acceptors (Lipinski definition) is 5. The highest BCUT2D eigenvalue weighted by molar-refractivity contribution is 5.93. The van der Waals surface area contributed by atoms with Crippen LogP contribution in [0.5, 0.6) is 5.75 Å². The number of rotatable bonds is 6. The number of ether oxygens (including phenoxy) is 1. The fourth-order valence-corrected chi connectivity index (χ4v) is 2.56. The largest absolute Gasteiger partial charge is 0.496 e. The topological polar surface area (TPSA) is 107 Å². The number of nitro benzene ring substituents is 1. The Labute approximate surface area is 122 Å². The summed E-state index contributed by atoms with van der Waals surface area (Å²) >= 11 is 0. The molecule has 114 valence electrons. The van der Waals surface area contributed by atoms with Gasteiger partial charge in [-0.15, -0.1) is 0 Å². The van der Waals surface area contributed by atoms with Crippen LogP contribution in [0.4, 0.5) is 11.4 Å². The Hall–Kier alpha value is -2.15. The molecule has 0 bridgehead atoms. The minimum atomic E-state index is -0.541. The van der Waals surface area contributed by atoms with Crippen molar-refractivity contribution in [2.75, 3.05) is 19.0 Å². The maximum absolute atomic E-state index is 12.1. The molecule has 0 aromatic heterocycles. The second-order valence-electron chi connectivity index (χ2n) is 5.42. The van der Waals surface area contributed by atoms with E-state index < -0.39 is 4.92 Å². The minimum absolute atomic E-state index is 0.134. The molecule has 3 N–H and O–H groups in total. The molecule has 1 aromatic rings. The van der Waals surface area contributed by atoms with Gasteiger partial charge in [-0.05, 0) is 36.9 Å². The number of carbonyl (C=O) groups is 1. The summed E-state index contributed by atoms with van der Waals surface area (Å²) in [5, 5.41) is 13.7. The van der Waals surface area contributed by atoms with Crippen molar-refractivity contribution in [3.05, 3.63) is 28.3 Å². The third-order valence-corrected chi connectivity index (χ3v) is 4.06. The maximum Gasteiger partial charge on any atom is 0.296 e. The summed E-state index contributed by atoms with van der Waals surface area (Å²) in [5.74, 6) is 0.130. The SMILES string of the molecule is COc1ccc(NC(=O)CC2(CN)CCC2)c([N+](=O)[O-])c1. The summed E-state index contributed by atoms with van der Waals surface area (Å²) in [5.41, 5.74) is 5.58. The third-order valence-electron chi connectivity index (χ3n) is 4.06. The van der Waals surface area contributed by atoms with Crippen LogP contribution in [0.2, 0.25) is 0 Å². The summed E-state index contributed by atoms with van der Waals surface area (Å²) in [6, 6.07) is 4.34. The van der Waals surface area contributed by atoms with Gasteiger partial charge in [0.1, 0.15) is 11.4 Å². The van der Waals surface area contributed by atoms with Crippen LogP contribution in [-0.2, 0) is 4.79 Å². The number of nitrogens with zero attached hydrogens (tertiary/aromatic N) is 1. The predicted molar refractivity (Wildman–Crippen MR) is 78.2 cm³/mol. The summed E-state index contributed by atoms with van der Waals surface area (Å²) in [4.78, 5) is 22.6. The van der Waals surface area contributed by atoms with Crippen LogP contribution in [0, 0.1) is 15.5 Å². The summed E-state index contributed by atoms with van der Waals surface area (Å²) < 4.78 is 4.96. The average Bonchev–Trinajstić information content (AvgIpc) is 2.43. The van der Waals surface area contributed by atoms with E-state index in [4.69, 9.17) is 10.5 Å². The van der Waals surface area contributed by atoms with Crippen LogP contribution >= 0.6 is 0 Å². The Morgan fingerprint density at radius 2 is 2.24 bits per heavy atom. The zero-order valence-corrected chi connectivity index (χ0v) is 11.9. The highest BCUT2D eigenvalue weighted by Gasteiger charge is 2.37. The smallest absolute Gasteiger partial charge is 0.296 e.